The van der Waals surface area contributed by atoms with Gasteiger partial charge in [-0.1, -0.05) is 54.1 Å². The third kappa shape index (κ3) is 6.31. The molecule has 0 unspecified atom stereocenters. The van der Waals surface area contributed by atoms with Crippen molar-refractivity contribution in [3.63, 3.8) is 0 Å². The minimum absolute atomic E-state index is 0.0746. The molecule has 34 heavy (non-hydrogen) atoms. The largest absolute Gasteiger partial charge is 0.469 e. The van der Waals surface area contributed by atoms with Crippen LogP contribution in [0.25, 0.3) is 0 Å². The minimum Gasteiger partial charge on any atom is -0.469 e. The van der Waals surface area contributed by atoms with E-state index in [0.717, 1.165) is 37.0 Å². The van der Waals surface area contributed by atoms with Gasteiger partial charge in [0.05, 0.1) is 11.9 Å². The van der Waals surface area contributed by atoms with E-state index in [2.05, 4.69) is 55.6 Å². The Kier molecular flexibility index (Phi) is 7.80. The number of furan rings is 1. The highest BCUT2D eigenvalue weighted by Gasteiger charge is 2.43. The van der Waals surface area contributed by atoms with E-state index in [4.69, 9.17) is 20.8 Å². The highest BCUT2D eigenvalue weighted by molar-refractivity contribution is 6.30. The number of carbonyl (C=O) groups excluding carboxylic acids is 1. The van der Waals surface area contributed by atoms with E-state index in [0.29, 0.717) is 24.6 Å². The molecule has 0 spiro atoms. The Morgan fingerprint density at radius 2 is 1.82 bits per heavy atom. The van der Waals surface area contributed by atoms with Gasteiger partial charge in [0.15, 0.2) is 0 Å². The first-order chi connectivity index (χ1) is 16.4. The van der Waals surface area contributed by atoms with Crippen LogP contribution in [0.4, 0.5) is 0 Å². The molecule has 5 heteroatoms. The maximum Gasteiger partial charge on any atom is 0.220 e. The monoisotopic (exact) mass is 479 g/mol. The summed E-state index contributed by atoms with van der Waals surface area (Å²) in [7, 11) is 0. The lowest BCUT2D eigenvalue weighted by Gasteiger charge is -2.45. The Hall–Kier alpha value is -2.56. The highest BCUT2D eigenvalue weighted by atomic mass is 35.5. The van der Waals surface area contributed by atoms with Gasteiger partial charge in [-0.15, -0.1) is 0 Å². The summed E-state index contributed by atoms with van der Waals surface area (Å²) in [6, 6.07) is 22.3. The number of carbonyl (C=O) groups is 1. The van der Waals surface area contributed by atoms with Crippen molar-refractivity contribution in [2.75, 3.05) is 13.2 Å². The third-order valence-electron chi connectivity index (χ3n) is 6.88. The smallest absolute Gasteiger partial charge is 0.220 e. The molecule has 0 radical (unpaired) electrons. The summed E-state index contributed by atoms with van der Waals surface area (Å²) < 4.78 is 11.7. The molecule has 1 amide bonds. The van der Waals surface area contributed by atoms with Crippen LogP contribution in [0.2, 0.25) is 5.02 Å². The van der Waals surface area contributed by atoms with E-state index in [1.807, 2.05) is 30.3 Å². The predicted molar refractivity (Wildman–Crippen MR) is 136 cm³/mol. The molecule has 2 aromatic carbocycles. The number of halogens is 1. The number of amides is 1. The molecule has 2 heterocycles. The summed E-state index contributed by atoms with van der Waals surface area (Å²) in [5.74, 6) is 1.25. The number of benzene rings is 2. The van der Waals surface area contributed by atoms with E-state index in [9.17, 15) is 4.79 Å². The number of ether oxygens (including phenoxy) is 1. The second-order valence-corrected chi connectivity index (χ2v) is 10.5. The molecule has 1 saturated heterocycles. The molecule has 1 fully saturated rings. The van der Waals surface area contributed by atoms with Crippen LogP contribution in [-0.2, 0) is 21.4 Å². The predicted octanol–water partition coefficient (Wildman–Crippen LogP) is 6.68. The van der Waals surface area contributed by atoms with Crippen LogP contribution in [0.1, 0.15) is 62.3 Å². The SMILES string of the molecule is CC1(C)C[C@](CC(=O)NCC[C@@H](Cc2ccccc2)c2ccco2)(c2ccc(Cl)cc2)CCO1. The molecule has 1 aromatic heterocycles. The molecular weight excluding hydrogens is 446 g/mol. The van der Waals surface area contributed by atoms with Gasteiger partial charge in [0.2, 0.25) is 5.91 Å². The minimum atomic E-state index is -0.280. The number of nitrogens with one attached hydrogen (secondary N) is 1. The molecule has 4 nitrogen and oxygen atoms in total. The quantitative estimate of drug-likeness (QED) is 0.372. The van der Waals surface area contributed by atoms with Crippen molar-refractivity contribution in [3.05, 3.63) is 94.9 Å². The lowest BCUT2D eigenvalue weighted by molar-refractivity contribution is -0.126. The van der Waals surface area contributed by atoms with Gasteiger partial charge in [-0.2, -0.15) is 0 Å². The average Bonchev–Trinajstić information content (AvgIpc) is 3.34. The lowest BCUT2D eigenvalue weighted by Crippen LogP contribution is -2.46. The van der Waals surface area contributed by atoms with Gasteiger partial charge >= 0.3 is 0 Å². The van der Waals surface area contributed by atoms with E-state index in [1.54, 1.807) is 6.26 Å². The number of rotatable bonds is 9. The van der Waals surface area contributed by atoms with Crippen LogP contribution in [0.15, 0.2) is 77.4 Å². The van der Waals surface area contributed by atoms with Crippen molar-refractivity contribution in [2.24, 2.45) is 0 Å². The second-order valence-electron chi connectivity index (χ2n) is 10.0. The standard InChI is InChI=1S/C29H34ClNO3/c1-28(2)21-29(15-18-34-28,24-10-12-25(30)13-11-24)20-27(32)31-16-14-23(26-9-6-17-33-26)19-22-7-4-3-5-8-22/h3-13,17,23H,14-16,18-21H2,1-2H3,(H,31,32)/t23-,29-/m0/s1. The maximum atomic E-state index is 13.2. The zero-order chi connectivity index (χ0) is 24.0. The molecule has 2 atom stereocenters. The maximum absolute atomic E-state index is 13.2. The van der Waals surface area contributed by atoms with Gasteiger partial charge in [0, 0.05) is 35.9 Å². The zero-order valence-electron chi connectivity index (χ0n) is 20.1. The van der Waals surface area contributed by atoms with Crippen LogP contribution in [0, 0.1) is 0 Å². The fourth-order valence-corrected chi connectivity index (χ4v) is 5.43. The summed E-state index contributed by atoms with van der Waals surface area (Å²) in [5, 5.41) is 3.90. The van der Waals surface area contributed by atoms with Gasteiger partial charge in [-0.25, -0.2) is 0 Å². The van der Waals surface area contributed by atoms with Crippen LogP contribution in [0.5, 0.6) is 0 Å². The van der Waals surface area contributed by atoms with Crippen molar-refractivity contribution in [2.45, 2.75) is 62.9 Å². The van der Waals surface area contributed by atoms with Crippen LogP contribution in [0.3, 0.4) is 0 Å². The zero-order valence-corrected chi connectivity index (χ0v) is 20.8. The van der Waals surface area contributed by atoms with E-state index in [-0.39, 0.29) is 22.8 Å². The van der Waals surface area contributed by atoms with Crippen molar-refractivity contribution >= 4 is 17.5 Å². The average molecular weight is 480 g/mol. The Labute approximate surface area is 207 Å². The molecule has 3 aromatic rings. The molecule has 1 aliphatic rings. The van der Waals surface area contributed by atoms with Crippen LogP contribution >= 0.6 is 11.6 Å². The topological polar surface area (TPSA) is 51.5 Å². The first-order valence-electron chi connectivity index (χ1n) is 12.1. The first-order valence-corrected chi connectivity index (χ1v) is 12.5. The Morgan fingerprint density at radius 1 is 1.06 bits per heavy atom. The van der Waals surface area contributed by atoms with Crippen molar-refractivity contribution in [3.8, 4) is 0 Å². The van der Waals surface area contributed by atoms with Gasteiger partial charge in [0.25, 0.3) is 0 Å². The highest BCUT2D eigenvalue weighted by Crippen LogP contribution is 2.44. The summed E-state index contributed by atoms with van der Waals surface area (Å²) >= 11 is 6.14. The Bertz CT molecular complexity index is 1050. The van der Waals surface area contributed by atoms with Crippen molar-refractivity contribution in [1.29, 1.82) is 0 Å². The Balaban J connectivity index is 1.41. The summed E-state index contributed by atoms with van der Waals surface area (Å²) in [6.07, 6.45) is 5.45. The molecule has 180 valence electrons. The Morgan fingerprint density at radius 3 is 2.50 bits per heavy atom. The molecule has 1 aliphatic heterocycles. The van der Waals surface area contributed by atoms with Gasteiger partial charge < -0.3 is 14.5 Å². The van der Waals surface area contributed by atoms with Crippen LogP contribution < -0.4 is 5.32 Å². The van der Waals surface area contributed by atoms with Crippen LogP contribution in [-0.4, -0.2) is 24.7 Å². The summed E-state index contributed by atoms with van der Waals surface area (Å²) in [4.78, 5) is 13.2. The molecule has 4 rings (SSSR count). The normalized spacial score (nSPS) is 20.6. The fraction of sp³-hybridized carbons (Fsp3) is 0.414. The van der Waals surface area contributed by atoms with Crippen molar-refractivity contribution in [1.82, 2.24) is 5.32 Å². The lowest BCUT2D eigenvalue weighted by atomic mass is 9.67. The molecular formula is C29H34ClNO3. The second kappa shape index (κ2) is 10.8. The van der Waals surface area contributed by atoms with Crippen molar-refractivity contribution < 1.29 is 13.9 Å². The van der Waals surface area contributed by atoms with Gasteiger partial charge in [-0.3, -0.25) is 4.79 Å². The fourth-order valence-electron chi connectivity index (χ4n) is 5.30. The number of hydrogen-bond donors (Lipinski definition) is 1. The first kappa shape index (κ1) is 24.6. The van der Waals surface area contributed by atoms with E-state index in [1.165, 1.54) is 5.56 Å². The van der Waals surface area contributed by atoms with Gasteiger partial charge in [-0.05, 0) is 74.9 Å². The molecule has 0 saturated carbocycles. The van der Waals surface area contributed by atoms with E-state index < -0.39 is 0 Å². The molecule has 0 aliphatic carbocycles. The molecule has 0 bridgehead atoms. The van der Waals surface area contributed by atoms with Gasteiger partial charge in [0.1, 0.15) is 5.76 Å². The third-order valence-corrected chi connectivity index (χ3v) is 7.13. The van der Waals surface area contributed by atoms with E-state index >= 15 is 0 Å². The summed E-state index contributed by atoms with van der Waals surface area (Å²) in [6.45, 7) is 5.45. The molecule has 1 N–H and O–H groups in total. The summed E-state index contributed by atoms with van der Waals surface area (Å²) in [5.41, 5.74) is 1.88. The number of hydrogen-bond acceptors (Lipinski definition) is 3.